The van der Waals surface area contributed by atoms with Gasteiger partial charge in [-0.3, -0.25) is 4.99 Å². The first-order valence-electron chi connectivity index (χ1n) is 11.0. The van der Waals surface area contributed by atoms with Crippen LogP contribution in [0.4, 0.5) is 10.6 Å². The van der Waals surface area contributed by atoms with E-state index in [0.717, 1.165) is 33.4 Å². The van der Waals surface area contributed by atoms with Gasteiger partial charge in [0.25, 0.3) is 0 Å². The van der Waals surface area contributed by atoms with Gasteiger partial charge in [0.1, 0.15) is 16.9 Å². The summed E-state index contributed by atoms with van der Waals surface area (Å²) in [6, 6.07) is 6.21. The van der Waals surface area contributed by atoms with E-state index in [-0.39, 0.29) is 6.09 Å². The predicted octanol–water partition coefficient (Wildman–Crippen LogP) is 4.41. The number of anilines is 1. The first-order chi connectivity index (χ1) is 15.2. The molecule has 0 unspecified atom stereocenters. The molecule has 2 N–H and O–H groups in total. The van der Waals surface area contributed by atoms with Gasteiger partial charge < -0.3 is 19.9 Å². The highest BCUT2D eigenvalue weighted by atomic mass is 16.6. The minimum absolute atomic E-state index is 0.331. The molecule has 168 valence electrons. The number of nitrogens with two attached hydrogens (primary N) is 1. The second kappa shape index (κ2) is 8.26. The lowest BCUT2D eigenvalue weighted by atomic mass is 10.0. The minimum atomic E-state index is -0.558. The second-order valence-corrected chi connectivity index (χ2v) is 8.87. The number of aromatic nitrogens is 3. The number of aliphatic imine (C=N–C) groups is 1. The fourth-order valence-corrected chi connectivity index (χ4v) is 3.96. The van der Waals surface area contributed by atoms with E-state index in [0.29, 0.717) is 37.5 Å². The van der Waals surface area contributed by atoms with Crippen molar-refractivity contribution in [3.05, 3.63) is 35.7 Å². The summed E-state index contributed by atoms with van der Waals surface area (Å²) in [4.78, 5) is 28.0. The number of nitrogens with zero attached hydrogens (tertiary/aromatic N) is 5. The van der Waals surface area contributed by atoms with Crippen molar-refractivity contribution in [1.82, 2.24) is 19.4 Å². The van der Waals surface area contributed by atoms with Gasteiger partial charge in [0, 0.05) is 24.7 Å². The summed E-state index contributed by atoms with van der Waals surface area (Å²) < 4.78 is 7.68. The molecule has 2 aromatic heterocycles. The molecule has 0 bridgehead atoms. The first-order valence-corrected chi connectivity index (χ1v) is 11.0. The molecule has 1 aromatic carbocycles. The lowest BCUT2D eigenvalue weighted by Crippen LogP contribution is -2.37. The molecule has 0 radical (unpaired) electrons. The van der Waals surface area contributed by atoms with Gasteiger partial charge in [-0.05, 0) is 57.9 Å². The van der Waals surface area contributed by atoms with Crippen LogP contribution in [-0.2, 0) is 17.8 Å². The number of carbonyl (C=O) groups excluding carboxylic acids is 1. The number of nitrogen functional groups attached to an aromatic ring is 1. The Bertz CT molecular complexity index is 1250. The van der Waals surface area contributed by atoms with Gasteiger partial charge in [0.05, 0.1) is 24.1 Å². The van der Waals surface area contributed by atoms with Crippen molar-refractivity contribution in [2.24, 2.45) is 4.99 Å². The molecule has 0 saturated heterocycles. The fraction of sp³-hybridized carbons (Fsp3) is 0.417. The van der Waals surface area contributed by atoms with Crippen LogP contribution in [0.25, 0.3) is 27.5 Å². The maximum Gasteiger partial charge on any atom is 0.410 e. The monoisotopic (exact) mass is 434 g/mol. The first kappa shape index (κ1) is 21.8. The van der Waals surface area contributed by atoms with Crippen molar-refractivity contribution >= 4 is 45.6 Å². The van der Waals surface area contributed by atoms with Crippen molar-refractivity contribution in [1.29, 1.82) is 0 Å². The number of fused-ring (bicyclic) bond motifs is 3. The Balaban J connectivity index is 1.78. The third-order valence-corrected chi connectivity index (χ3v) is 5.48. The summed E-state index contributed by atoms with van der Waals surface area (Å²) in [6.07, 6.45) is 3.49. The summed E-state index contributed by atoms with van der Waals surface area (Å²) >= 11 is 0. The third kappa shape index (κ3) is 4.04. The molecule has 0 spiro atoms. The Hall–Kier alpha value is -3.42. The normalized spacial score (nSPS) is 13.7. The number of allylic oxidation sites excluding steroid dienone is 1. The molecule has 4 rings (SSSR count). The average molecular weight is 435 g/mol. The summed E-state index contributed by atoms with van der Waals surface area (Å²) in [5.41, 5.74) is 10.4. The van der Waals surface area contributed by atoms with E-state index < -0.39 is 5.60 Å². The van der Waals surface area contributed by atoms with Crippen LogP contribution >= 0.6 is 0 Å². The van der Waals surface area contributed by atoms with E-state index in [2.05, 4.69) is 39.7 Å². The molecule has 0 saturated carbocycles. The number of ether oxygens (including phenoxy) is 1. The number of carbonyl (C=O) groups is 1. The summed E-state index contributed by atoms with van der Waals surface area (Å²) in [7, 11) is 0. The number of hydrogen-bond acceptors (Lipinski definition) is 6. The molecule has 1 aliphatic rings. The number of hydrogen-bond donors (Lipinski definition) is 1. The van der Waals surface area contributed by atoms with E-state index in [4.69, 9.17) is 15.5 Å². The fourth-order valence-electron chi connectivity index (χ4n) is 3.96. The van der Waals surface area contributed by atoms with Crippen molar-refractivity contribution in [3.8, 4) is 0 Å². The molecular weight excluding hydrogens is 404 g/mol. The standard InChI is InChI=1S/C24H30N6O2/c1-6-29(23(31)32-24(3,4)5)14-19-28-20-21(30(19)7-2)17-9-8-15(16-10-11-26-13-16)12-18(17)27-22(20)25/h8-12H,6-7,13-14H2,1-5H3,(H2,25,27). The van der Waals surface area contributed by atoms with E-state index in [1.807, 2.05) is 40.0 Å². The van der Waals surface area contributed by atoms with Crippen molar-refractivity contribution in [2.45, 2.75) is 53.3 Å². The molecule has 0 atom stereocenters. The van der Waals surface area contributed by atoms with Crippen molar-refractivity contribution < 1.29 is 9.53 Å². The molecule has 8 nitrogen and oxygen atoms in total. The van der Waals surface area contributed by atoms with Crippen LogP contribution in [0.3, 0.4) is 0 Å². The zero-order chi connectivity index (χ0) is 23.0. The lowest BCUT2D eigenvalue weighted by Gasteiger charge is -2.26. The number of benzene rings is 1. The van der Waals surface area contributed by atoms with Crippen LogP contribution in [-0.4, -0.2) is 50.4 Å². The Morgan fingerprint density at radius 2 is 2.03 bits per heavy atom. The SMILES string of the molecule is CCN(Cc1nc2c(N)nc3cc(C4=CC=NC4)ccc3c2n1CC)C(=O)OC(C)(C)C. The molecule has 1 aliphatic heterocycles. The lowest BCUT2D eigenvalue weighted by molar-refractivity contribution is 0.0238. The van der Waals surface area contributed by atoms with Crippen LogP contribution in [0.2, 0.25) is 0 Å². The highest BCUT2D eigenvalue weighted by molar-refractivity contribution is 6.07. The molecule has 32 heavy (non-hydrogen) atoms. The van der Waals surface area contributed by atoms with Crippen LogP contribution in [0.1, 0.15) is 46.0 Å². The molecular formula is C24H30N6O2. The third-order valence-electron chi connectivity index (χ3n) is 5.48. The molecule has 1 amide bonds. The highest BCUT2D eigenvalue weighted by Gasteiger charge is 2.24. The Morgan fingerprint density at radius 3 is 2.66 bits per heavy atom. The molecule has 3 aromatic rings. The number of imidazole rings is 1. The number of amides is 1. The topological polar surface area (TPSA) is 98.6 Å². The van der Waals surface area contributed by atoms with E-state index in [1.165, 1.54) is 0 Å². The maximum atomic E-state index is 12.7. The Kier molecular flexibility index (Phi) is 5.62. The number of pyridine rings is 1. The number of aryl methyl sites for hydroxylation is 1. The molecule has 3 heterocycles. The van der Waals surface area contributed by atoms with Crippen molar-refractivity contribution in [3.63, 3.8) is 0 Å². The van der Waals surface area contributed by atoms with Crippen LogP contribution < -0.4 is 5.73 Å². The van der Waals surface area contributed by atoms with Gasteiger partial charge in [-0.15, -0.1) is 0 Å². The molecule has 0 fully saturated rings. The van der Waals surface area contributed by atoms with E-state index in [9.17, 15) is 4.79 Å². The Morgan fingerprint density at radius 1 is 1.25 bits per heavy atom. The van der Waals surface area contributed by atoms with Gasteiger partial charge >= 0.3 is 6.09 Å². The van der Waals surface area contributed by atoms with Gasteiger partial charge in [-0.1, -0.05) is 12.1 Å². The van der Waals surface area contributed by atoms with Crippen LogP contribution in [0, 0.1) is 0 Å². The molecule has 8 heteroatoms. The van der Waals surface area contributed by atoms with Crippen molar-refractivity contribution in [2.75, 3.05) is 18.8 Å². The summed E-state index contributed by atoms with van der Waals surface area (Å²) in [5.74, 6) is 1.14. The zero-order valence-electron chi connectivity index (χ0n) is 19.3. The smallest absolute Gasteiger partial charge is 0.410 e. The quantitative estimate of drug-likeness (QED) is 0.641. The maximum absolute atomic E-state index is 12.7. The zero-order valence-corrected chi connectivity index (χ0v) is 19.3. The van der Waals surface area contributed by atoms with Gasteiger partial charge in [0.15, 0.2) is 5.82 Å². The predicted molar refractivity (Wildman–Crippen MR) is 129 cm³/mol. The van der Waals surface area contributed by atoms with E-state index in [1.54, 1.807) is 4.90 Å². The summed E-state index contributed by atoms with van der Waals surface area (Å²) in [5, 5.41) is 0.985. The molecule has 0 aliphatic carbocycles. The van der Waals surface area contributed by atoms with Crippen LogP contribution in [0.5, 0.6) is 0 Å². The van der Waals surface area contributed by atoms with Crippen LogP contribution in [0.15, 0.2) is 29.3 Å². The largest absolute Gasteiger partial charge is 0.444 e. The second-order valence-electron chi connectivity index (χ2n) is 8.87. The van der Waals surface area contributed by atoms with Gasteiger partial charge in [0.2, 0.25) is 0 Å². The number of rotatable bonds is 5. The van der Waals surface area contributed by atoms with E-state index >= 15 is 0 Å². The highest BCUT2D eigenvalue weighted by Crippen LogP contribution is 2.31. The van der Waals surface area contributed by atoms with Gasteiger partial charge in [-0.25, -0.2) is 14.8 Å². The summed E-state index contributed by atoms with van der Waals surface area (Å²) in [6.45, 7) is 11.8. The minimum Gasteiger partial charge on any atom is -0.444 e. The Labute approximate surface area is 187 Å². The van der Waals surface area contributed by atoms with Gasteiger partial charge in [-0.2, -0.15) is 0 Å². The average Bonchev–Trinajstić information content (AvgIpc) is 3.38.